The second-order valence-electron chi connectivity index (χ2n) is 6.94. The number of likely N-dealkylation sites (tertiary alicyclic amines) is 1. The van der Waals surface area contributed by atoms with E-state index >= 15 is 0 Å². The van der Waals surface area contributed by atoms with Crippen LogP contribution in [0.3, 0.4) is 0 Å². The number of rotatable bonds is 5. The summed E-state index contributed by atoms with van der Waals surface area (Å²) >= 11 is 1.48. The molecule has 2 aliphatic rings. The molecule has 25 heavy (non-hydrogen) atoms. The van der Waals surface area contributed by atoms with Crippen LogP contribution in [0.2, 0.25) is 0 Å². The van der Waals surface area contributed by atoms with Crippen LogP contribution in [-0.2, 0) is 0 Å². The Morgan fingerprint density at radius 1 is 1.28 bits per heavy atom. The lowest BCUT2D eigenvalue weighted by Crippen LogP contribution is -2.42. The molecule has 1 aliphatic heterocycles. The number of amides is 1. The monoisotopic (exact) mass is 476 g/mol. The minimum absolute atomic E-state index is 0. The fourth-order valence-corrected chi connectivity index (χ4v) is 4.61. The zero-order valence-corrected chi connectivity index (χ0v) is 18.1. The highest BCUT2D eigenvalue weighted by Crippen LogP contribution is 2.45. The molecule has 1 saturated heterocycles. The van der Waals surface area contributed by atoms with Gasteiger partial charge in [-0.15, -0.1) is 35.3 Å². The van der Waals surface area contributed by atoms with Crippen molar-refractivity contribution in [3.05, 3.63) is 22.4 Å². The summed E-state index contributed by atoms with van der Waals surface area (Å²) < 4.78 is 0. The van der Waals surface area contributed by atoms with Crippen LogP contribution in [0.15, 0.2) is 22.5 Å². The maximum Gasteiger partial charge on any atom is 0.261 e. The number of hydrogen-bond acceptors (Lipinski definition) is 3. The van der Waals surface area contributed by atoms with Crippen LogP contribution < -0.4 is 10.6 Å². The van der Waals surface area contributed by atoms with Gasteiger partial charge in [-0.3, -0.25) is 9.79 Å². The number of halogens is 1. The molecule has 0 radical (unpaired) electrons. The van der Waals surface area contributed by atoms with Crippen molar-refractivity contribution < 1.29 is 4.79 Å². The standard InChI is InChI=1S/C18H28N4OS.HI/c1-19-17(22-12-9-18(14-22)7-2-3-8-18)21-11-5-10-20-16(23)15-6-4-13-24-15;/h4,6,13H,2-3,5,7-12,14H2,1H3,(H,19,21)(H,20,23);1H. The van der Waals surface area contributed by atoms with E-state index in [1.807, 2.05) is 24.6 Å². The van der Waals surface area contributed by atoms with E-state index in [2.05, 4.69) is 20.5 Å². The Labute approximate surface area is 171 Å². The first-order valence-electron chi connectivity index (χ1n) is 9.00. The Hall–Kier alpha value is -0.830. The summed E-state index contributed by atoms with van der Waals surface area (Å²) in [5, 5.41) is 8.34. The van der Waals surface area contributed by atoms with E-state index in [9.17, 15) is 4.79 Å². The fraction of sp³-hybridized carbons (Fsp3) is 0.667. The molecule has 7 heteroatoms. The topological polar surface area (TPSA) is 56.7 Å². The lowest BCUT2D eigenvalue weighted by molar-refractivity contribution is 0.0957. The van der Waals surface area contributed by atoms with Crippen molar-refractivity contribution in [2.75, 3.05) is 33.2 Å². The van der Waals surface area contributed by atoms with Crippen molar-refractivity contribution >= 4 is 47.2 Å². The maximum atomic E-state index is 11.9. The molecule has 2 N–H and O–H groups in total. The number of hydrogen-bond donors (Lipinski definition) is 2. The summed E-state index contributed by atoms with van der Waals surface area (Å²) in [7, 11) is 1.86. The number of nitrogens with one attached hydrogen (secondary N) is 2. The van der Waals surface area contributed by atoms with Crippen molar-refractivity contribution in [3.8, 4) is 0 Å². The van der Waals surface area contributed by atoms with Crippen LogP contribution in [0.4, 0.5) is 0 Å². The summed E-state index contributed by atoms with van der Waals surface area (Å²) in [6, 6.07) is 3.75. The third-order valence-corrected chi connectivity index (χ3v) is 6.15. The molecule has 1 spiro atoms. The first-order chi connectivity index (χ1) is 11.7. The minimum Gasteiger partial charge on any atom is -0.356 e. The van der Waals surface area contributed by atoms with Gasteiger partial charge in [0.1, 0.15) is 0 Å². The van der Waals surface area contributed by atoms with Crippen LogP contribution in [0, 0.1) is 5.41 Å². The van der Waals surface area contributed by atoms with Crippen molar-refractivity contribution in [1.82, 2.24) is 15.5 Å². The molecule has 140 valence electrons. The number of carbonyl (C=O) groups excluding carboxylic acids is 1. The van der Waals surface area contributed by atoms with E-state index in [-0.39, 0.29) is 29.9 Å². The van der Waals surface area contributed by atoms with Gasteiger partial charge in [0.05, 0.1) is 4.88 Å². The van der Waals surface area contributed by atoms with E-state index in [1.165, 1.54) is 43.4 Å². The molecular weight excluding hydrogens is 447 g/mol. The van der Waals surface area contributed by atoms with Crippen LogP contribution in [0.5, 0.6) is 0 Å². The van der Waals surface area contributed by atoms with Gasteiger partial charge in [0.2, 0.25) is 0 Å². The molecule has 1 saturated carbocycles. The van der Waals surface area contributed by atoms with Gasteiger partial charge in [-0.2, -0.15) is 0 Å². The lowest BCUT2D eigenvalue weighted by Gasteiger charge is -2.25. The Morgan fingerprint density at radius 2 is 2.04 bits per heavy atom. The molecule has 3 rings (SSSR count). The summed E-state index contributed by atoms with van der Waals surface area (Å²) in [5.41, 5.74) is 0.562. The number of nitrogens with zero attached hydrogens (tertiary/aromatic N) is 2. The van der Waals surface area contributed by atoms with Gasteiger partial charge in [-0.25, -0.2) is 0 Å². The predicted molar refractivity (Wildman–Crippen MR) is 115 cm³/mol. The van der Waals surface area contributed by atoms with Crippen LogP contribution >= 0.6 is 35.3 Å². The molecule has 1 aromatic heterocycles. The molecule has 1 amide bonds. The zero-order chi connectivity index (χ0) is 16.8. The van der Waals surface area contributed by atoms with Gasteiger partial charge in [-0.05, 0) is 42.5 Å². The van der Waals surface area contributed by atoms with Crippen LogP contribution in [0.25, 0.3) is 0 Å². The van der Waals surface area contributed by atoms with E-state index in [4.69, 9.17) is 0 Å². The summed E-state index contributed by atoms with van der Waals surface area (Å²) in [6.07, 6.45) is 7.76. The molecule has 2 fully saturated rings. The van der Waals surface area contributed by atoms with Crippen LogP contribution in [-0.4, -0.2) is 50.0 Å². The maximum absolute atomic E-state index is 11.9. The molecule has 5 nitrogen and oxygen atoms in total. The molecule has 0 aromatic carbocycles. The average molecular weight is 476 g/mol. The molecular formula is C18H29IN4OS. The molecule has 1 aromatic rings. The first kappa shape index (κ1) is 20.5. The van der Waals surface area contributed by atoms with Crippen molar-refractivity contribution in [2.24, 2.45) is 10.4 Å². The number of carbonyl (C=O) groups is 1. The highest BCUT2D eigenvalue weighted by atomic mass is 127. The van der Waals surface area contributed by atoms with Crippen LogP contribution in [0.1, 0.15) is 48.2 Å². The van der Waals surface area contributed by atoms with Crippen molar-refractivity contribution in [3.63, 3.8) is 0 Å². The molecule has 2 heterocycles. The normalized spacial score (nSPS) is 19.1. The summed E-state index contributed by atoms with van der Waals surface area (Å²) in [5.74, 6) is 1.04. The lowest BCUT2D eigenvalue weighted by atomic mass is 9.86. The second-order valence-corrected chi connectivity index (χ2v) is 7.89. The van der Waals surface area contributed by atoms with E-state index < -0.39 is 0 Å². The highest BCUT2D eigenvalue weighted by molar-refractivity contribution is 14.0. The first-order valence-corrected chi connectivity index (χ1v) is 9.88. The van der Waals surface area contributed by atoms with Gasteiger partial charge >= 0.3 is 0 Å². The van der Waals surface area contributed by atoms with E-state index in [0.717, 1.165) is 36.9 Å². The second kappa shape index (κ2) is 9.75. The SMILES string of the molecule is CN=C(NCCCNC(=O)c1cccs1)N1CCC2(CCCC2)C1.I. The Bertz CT molecular complexity index is 570. The third kappa shape index (κ3) is 5.32. The Kier molecular flexibility index (Phi) is 7.99. The van der Waals surface area contributed by atoms with E-state index in [0.29, 0.717) is 12.0 Å². The minimum atomic E-state index is 0. The fourth-order valence-electron chi connectivity index (χ4n) is 3.97. The quantitative estimate of drug-likeness (QED) is 0.297. The average Bonchev–Trinajstić information content (AvgIpc) is 3.34. The third-order valence-electron chi connectivity index (χ3n) is 5.28. The Morgan fingerprint density at radius 3 is 2.72 bits per heavy atom. The van der Waals surface area contributed by atoms with Gasteiger partial charge in [0, 0.05) is 33.2 Å². The molecule has 0 unspecified atom stereocenters. The smallest absolute Gasteiger partial charge is 0.261 e. The zero-order valence-electron chi connectivity index (χ0n) is 14.9. The molecule has 0 atom stereocenters. The summed E-state index contributed by atoms with van der Waals surface area (Å²) in [6.45, 7) is 3.79. The largest absolute Gasteiger partial charge is 0.356 e. The van der Waals surface area contributed by atoms with E-state index in [1.54, 1.807) is 0 Å². The highest BCUT2D eigenvalue weighted by Gasteiger charge is 2.40. The van der Waals surface area contributed by atoms with Gasteiger partial charge in [0.15, 0.2) is 5.96 Å². The molecule has 1 aliphatic carbocycles. The molecule has 0 bridgehead atoms. The van der Waals surface area contributed by atoms with Gasteiger partial charge < -0.3 is 15.5 Å². The predicted octanol–water partition coefficient (Wildman–Crippen LogP) is 3.33. The number of guanidine groups is 1. The number of thiophene rings is 1. The number of aliphatic imine (C=N–C) groups is 1. The Balaban J connectivity index is 0.00000225. The van der Waals surface area contributed by atoms with Crippen molar-refractivity contribution in [1.29, 1.82) is 0 Å². The van der Waals surface area contributed by atoms with Gasteiger partial charge in [0.25, 0.3) is 5.91 Å². The van der Waals surface area contributed by atoms with Gasteiger partial charge in [-0.1, -0.05) is 18.9 Å². The summed E-state index contributed by atoms with van der Waals surface area (Å²) in [4.78, 5) is 19.5. The van der Waals surface area contributed by atoms with Crippen molar-refractivity contribution in [2.45, 2.75) is 38.5 Å².